The Kier molecular flexibility index (Phi) is 2.89. The molecule has 0 saturated heterocycles. The molecule has 1 aromatic heterocycles. The van der Waals surface area contributed by atoms with E-state index in [0.717, 1.165) is 5.56 Å². The first-order valence-corrected chi connectivity index (χ1v) is 3.79. The van der Waals surface area contributed by atoms with Crippen molar-refractivity contribution in [3.8, 4) is 17.9 Å². The zero-order valence-corrected chi connectivity index (χ0v) is 7.22. The van der Waals surface area contributed by atoms with Crippen molar-refractivity contribution >= 4 is 0 Å². The van der Waals surface area contributed by atoms with Gasteiger partial charge in [0.25, 0.3) is 5.56 Å². The molecule has 0 aliphatic rings. The van der Waals surface area contributed by atoms with E-state index in [1.807, 2.05) is 13.0 Å². The van der Waals surface area contributed by atoms with Crippen molar-refractivity contribution in [1.82, 2.24) is 4.98 Å². The minimum atomic E-state index is -0.212. The number of aromatic amines is 1. The van der Waals surface area contributed by atoms with Gasteiger partial charge in [0, 0.05) is 6.20 Å². The summed E-state index contributed by atoms with van der Waals surface area (Å²) in [7, 11) is 0. The van der Waals surface area contributed by atoms with Gasteiger partial charge in [0.15, 0.2) is 0 Å². The smallest absolute Gasteiger partial charge is 0.263 e. The van der Waals surface area contributed by atoms with Crippen molar-refractivity contribution in [3.05, 3.63) is 33.7 Å². The zero-order chi connectivity index (χ0) is 9.68. The van der Waals surface area contributed by atoms with Crippen molar-refractivity contribution in [2.45, 2.75) is 13.3 Å². The van der Waals surface area contributed by atoms with Crippen LogP contribution < -0.4 is 5.56 Å². The van der Waals surface area contributed by atoms with Crippen molar-refractivity contribution in [2.24, 2.45) is 0 Å². The standard InChI is InChI=1S/C10H8N2O/c1-8-6-9(4-2-3-5-11)10(13)12-7-8/h6-7H,3H2,1H3,(H,12,13). The molecule has 0 bridgehead atoms. The summed E-state index contributed by atoms with van der Waals surface area (Å²) in [5, 5.41) is 8.23. The van der Waals surface area contributed by atoms with Crippen molar-refractivity contribution in [2.75, 3.05) is 0 Å². The summed E-state index contributed by atoms with van der Waals surface area (Å²) in [5.41, 5.74) is 1.15. The van der Waals surface area contributed by atoms with E-state index in [4.69, 9.17) is 5.26 Å². The zero-order valence-electron chi connectivity index (χ0n) is 7.22. The normalized spacial score (nSPS) is 8.31. The molecule has 3 nitrogen and oxygen atoms in total. The summed E-state index contributed by atoms with van der Waals surface area (Å²) in [6.45, 7) is 1.87. The number of hydrogen-bond acceptors (Lipinski definition) is 2. The number of nitrogens with one attached hydrogen (secondary N) is 1. The molecule has 1 heterocycles. The number of pyridine rings is 1. The largest absolute Gasteiger partial charge is 0.328 e. The third kappa shape index (κ3) is 2.50. The maximum absolute atomic E-state index is 11.1. The lowest BCUT2D eigenvalue weighted by Crippen LogP contribution is -2.08. The van der Waals surface area contributed by atoms with Crippen LogP contribution in [0.4, 0.5) is 0 Å². The minimum absolute atomic E-state index is 0.146. The fourth-order valence-electron chi connectivity index (χ4n) is 0.864. The van der Waals surface area contributed by atoms with E-state index in [9.17, 15) is 4.79 Å². The lowest BCUT2D eigenvalue weighted by atomic mass is 10.2. The van der Waals surface area contributed by atoms with E-state index >= 15 is 0 Å². The van der Waals surface area contributed by atoms with E-state index in [0.29, 0.717) is 5.56 Å². The maximum Gasteiger partial charge on any atom is 0.263 e. The second-order valence-corrected chi connectivity index (χ2v) is 2.56. The summed E-state index contributed by atoms with van der Waals surface area (Å²) < 4.78 is 0. The molecule has 1 N–H and O–H groups in total. The average molecular weight is 172 g/mol. The second-order valence-electron chi connectivity index (χ2n) is 2.56. The van der Waals surface area contributed by atoms with Crippen LogP contribution in [-0.4, -0.2) is 4.98 Å². The first-order chi connectivity index (χ1) is 6.24. The van der Waals surface area contributed by atoms with Gasteiger partial charge in [-0.1, -0.05) is 11.8 Å². The van der Waals surface area contributed by atoms with Gasteiger partial charge in [-0.25, -0.2) is 0 Å². The highest BCUT2D eigenvalue weighted by Crippen LogP contribution is 1.93. The Bertz CT molecular complexity index is 454. The fourth-order valence-corrected chi connectivity index (χ4v) is 0.864. The monoisotopic (exact) mass is 172 g/mol. The highest BCUT2D eigenvalue weighted by Gasteiger charge is 1.93. The highest BCUT2D eigenvalue weighted by atomic mass is 16.1. The van der Waals surface area contributed by atoms with Crippen LogP contribution in [-0.2, 0) is 0 Å². The Labute approximate surface area is 76.0 Å². The van der Waals surface area contributed by atoms with Gasteiger partial charge in [-0.15, -0.1) is 0 Å². The molecular weight excluding hydrogens is 164 g/mol. The topological polar surface area (TPSA) is 56.6 Å². The van der Waals surface area contributed by atoms with Gasteiger partial charge in [0.05, 0.1) is 18.1 Å². The summed E-state index contributed by atoms with van der Waals surface area (Å²) >= 11 is 0. The van der Waals surface area contributed by atoms with Crippen LogP contribution in [0.25, 0.3) is 0 Å². The molecule has 0 unspecified atom stereocenters. The molecule has 0 atom stereocenters. The molecular formula is C10H8N2O. The molecule has 0 fully saturated rings. The molecule has 0 saturated carbocycles. The molecule has 3 heteroatoms. The van der Waals surface area contributed by atoms with E-state index in [2.05, 4.69) is 16.8 Å². The van der Waals surface area contributed by atoms with Crippen LogP contribution in [0.15, 0.2) is 17.1 Å². The first-order valence-electron chi connectivity index (χ1n) is 3.79. The van der Waals surface area contributed by atoms with E-state index in [-0.39, 0.29) is 12.0 Å². The molecule has 0 radical (unpaired) electrons. The Hall–Kier alpha value is -2.00. The molecule has 0 spiro atoms. The van der Waals surface area contributed by atoms with Gasteiger partial charge < -0.3 is 4.98 Å². The fraction of sp³-hybridized carbons (Fsp3) is 0.200. The number of H-pyrrole nitrogens is 1. The SMILES string of the molecule is Cc1c[nH]c(=O)c(C#CCC#N)c1. The third-order valence-corrected chi connectivity index (χ3v) is 1.44. The van der Waals surface area contributed by atoms with Crippen LogP contribution in [0.2, 0.25) is 0 Å². The van der Waals surface area contributed by atoms with Crippen molar-refractivity contribution < 1.29 is 0 Å². The van der Waals surface area contributed by atoms with Gasteiger partial charge >= 0.3 is 0 Å². The predicted molar refractivity (Wildman–Crippen MR) is 48.9 cm³/mol. The van der Waals surface area contributed by atoms with Crippen LogP contribution >= 0.6 is 0 Å². The van der Waals surface area contributed by atoms with E-state index in [1.54, 1.807) is 12.3 Å². The van der Waals surface area contributed by atoms with Gasteiger partial charge in [-0.3, -0.25) is 4.79 Å². The Morgan fingerprint density at radius 1 is 1.62 bits per heavy atom. The van der Waals surface area contributed by atoms with Crippen LogP contribution in [0.1, 0.15) is 17.5 Å². The summed E-state index contributed by atoms with van der Waals surface area (Å²) in [6, 6.07) is 3.58. The third-order valence-electron chi connectivity index (χ3n) is 1.44. The Morgan fingerprint density at radius 3 is 3.08 bits per heavy atom. The molecule has 13 heavy (non-hydrogen) atoms. The minimum Gasteiger partial charge on any atom is -0.328 e. The average Bonchev–Trinajstić information content (AvgIpc) is 2.11. The number of nitriles is 1. The number of nitrogens with zero attached hydrogens (tertiary/aromatic N) is 1. The molecule has 64 valence electrons. The highest BCUT2D eigenvalue weighted by molar-refractivity contribution is 5.34. The van der Waals surface area contributed by atoms with Gasteiger partial charge in [0.2, 0.25) is 0 Å². The predicted octanol–water partition coefficient (Wildman–Crippen LogP) is 0.948. The van der Waals surface area contributed by atoms with Gasteiger partial charge in [-0.2, -0.15) is 5.26 Å². The quantitative estimate of drug-likeness (QED) is 0.592. The Morgan fingerprint density at radius 2 is 2.38 bits per heavy atom. The molecule has 0 amide bonds. The van der Waals surface area contributed by atoms with Crippen molar-refractivity contribution in [3.63, 3.8) is 0 Å². The molecule has 0 aliphatic carbocycles. The van der Waals surface area contributed by atoms with Gasteiger partial charge in [0.1, 0.15) is 0 Å². The van der Waals surface area contributed by atoms with Crippen LogP contribution in [0, 0.1) is 30.1 Å². The van der Waals surface area contributed by atoms with Crippen LogP contribution in [0.5, 0.6) is 0 Å². The van der Waals surface area contributed by atoms with E-state index in [1.165, 1.54) is 0 Å². The summed E-state index contributed by atoms with van der Waals surface area (Å²) in [4.78, 5) is 13.7. The van der Waals surface area contributed by atoms with Gasteiger partial charge in [-0.05, 0) is 18.6 Å². The maximum atomic E-state index is 11.1. The lowest BCUT2D eigenvalue weighted by Gasteiger charge is -1.91. The Balaban J connectivity index is 3.04. The van der Waals surface area contributed by atoms with E-state index < -0.39 is 0 Å². The first kappa shape index (κ1) is 9.09. The lowest BCUT2D eigenvalue weighted by molar-refractivity contribution is 1.18. The molecule has 0 aromatic carbocycles. The molecule has 1 aromatic rings. The van der Waals surface area contributed by atoms with Crippen LogP contribution in [0.3, 0.4) is 0 Å². The summed E-state index contributed by atoms with van der Waals surface area (Å²) in [6.07, 6.45) is 1.77. The molecule has 0 aliphatic heterocycles. The summed E-state index contributed by atoms with van der Waals surface area (Å²) in [5.74, 6) is 5.23. The van der Waals surface area contributed by atoms with Crippen molar-refractivity contribution in [1.29, 1.82) is 5.26 Å². The second kappa shape index (κ2) is 4.13. The number of aryl methyl sites for hydroxylation is 1. The number of hydrogen-bond donors (Lipinski definition) is 1. The number of aromatic nitrogens is 1. The number of rotatable bonds is 0. The molecule has 1 rings (SSSR count).